The summed E-state index contributed by atoms with van der Waals surface area (Å²) < 4.78 is 0. The van der Waals surface area contributed by atoms with Crippen molar-refractivity contribution in [3.05, 3.63) is 50.6 Å². The van der Waals surface area contributed by atoms with Gasteiger partial charge in [-0.3, -0.25) is 20.2 Å². The van der Waals surface area contributed by atoms with E-state index in [1.165, 1.54) is 24.3 Å². The van der Waals surface area contributed by atoms with Crippen molar-refractivity contribution in [1.82, 2.24) is 0 Å². The Bertz CT molecular complexity index is 315. The van der Waals surface area contributed by atoms with Crippen molar-refractivity contribution in [2.24, 2.45) is 0 Å². The smallest absolute Gasteiger partial charge is 0.286 e. The van der Waals surface area contributed by atoms with E-state index in [4.69, 9.17) is 0 Å². The minimum absolute atomic E-state index is 0.0810. The first-order valence-corrected chi connectivity index (χ1v) is 3.45. The van der Waals surface area contributed by atoms with Crippen LogP contribution in [-0.4, -0.2) is 16.7 Å². The van der Waals surface area contributed by atoms with Crippen molar-refractivity contribution < 1.29 is 9.67 Å². The SMILES string of the molecule is O=[N+]([O-])B(c1ccccc1)[N+](=O)[O-]. The van der Waals surface area contributed by atoms with E-state index in [2.05, 4.69) is 0 Å². The van der Waals surface area contributed by atoms with Gasteiger partial charge in [-0.25, -0.2) is 0 Å². The molecule has 0 fully saturated rings. The van der Waals surface area contributed by atoms with E-state index < -0.39 is 16.7 Å². The second-order valence-electron chi connectivity index (χ2n) is 2.36. The van der Waals surface area contributed by atoms with Gasteiger partial charge in [-0.05, 0) is 0 Å². The van der Waals surface area contributed by atoms with Crippen LogP contribution >= 0.6 is 0 Å². The molecule has 0 atom stereocenters. The fourth-order valence-electron chi connectivity index (χ4n) is 0.946. The second-order valence-corrected chi connectivity index (χ2v) is 2.36. The highest BCUT2D eigenvalue weighted by Crippen LogP contribution is 1.90. The van der Waals surface area contributed by atoms with E-state index in [0.717, 1.165) is 0 Å². The number of rotatable bonds is 3. The third-order valence-electron chi connectivity index (χ3n) is 1.50. The Balaban J connectivity index is 3.03. The Labute approximate surface area is 73.6 Å². The normalized spacial score (nSPS) is 9.23. The summed E-state index contributed by atoms with van der Waals surface area (Å²) in [7, 11) is 0. The number of hydrogen-bond acceptors (Lipinski definition) is 4. The molecule has 0 aliphatic carbocycles. The lowest BCUT2D eigenvalue weighted by molar-refractivity contribution is -0.465. The van der Waals surface area contributed by atoms with E-state index >= 15 is 0 Å². The molecule has 0 bridgehead atoms. The lowest BCUT2D eigenvalue weighted by atomic mass is 9.70. The number of nitrogens with zero attached hydrogens (tertiary/aromatic N) is 2. The number of hydrogen-bond donors (Lipinski definition) is 0. The van der Waals surface area contributed by atoms with E-state index in [0.29, 0.717) is 0 Å². The molecule has 0 radical (unpaired) electrons. The van der Waals surface area contributed by atoms with Crippen molar-refractivity contribution in [2.45, 2.75) is 0 Å². The van der Waals surface area contributed by atoms with E-state index in [1.807, 2.05) is 0 Å². The Kier molecular flexibility index (Phi) is 2.58. The van der Waals surface area contributed by atoms with Crippen LogP contribution in [0.1, 0.15) is 0 Å². The van der Waals surface area contributed by atoms with Crippen LogP contribution in [0.5, 0.6) is 0 Å². The molecule has 0 aromatic heterocycles. The van der Waals surface area contributed by atoms with Crippen LogP contribution < -0.4 is 5.46 Å². The van der Waals surface area contributed by atoms with Gasteiger partial charge in [0.05, 0.1) is 5.46 Å². The summed E-state index contributed by atoms with van der Waals surface area (Å²) in [6.45, 7) is -1.86. The molecule has 0 saturated heterocycles. The third-order valence-corrected chi connectivity index (χ3v) is 1.50. The molecule has 13 heavy (non-hydrogen) atoms. The van der Waals surface area contributed by atoms with Gasteiger partial charge < -0.3 is 0 Å². The third kappa shape index (κ3) is 2.02. The molecule has 0 aliphatic heterocycles. The molecule has 0 N–H and O–H groups in total. The molecule has 0 aliphatic rings. The van der Waals surface area contributed by atoms with Crippen LogP contribution in [0.4, 0.5) is 0 Å². The fourth-order valence-corrected chi connectivity index (χ4v) is 0.946. The zero-order chi connectivity index (χ0) is 9.84. The van der Waals surface area contributed by atoms with Crippen LogP contribution in [0, 0.1) is 20.2 Å². The molecular weight excluding hydrogens is 175 g/mol. The molecule has 7 heteroatoms. The minimum atomic E-state index is -1.86. The highest BCUT2D eigenvalue weighted by Gasteiger charge is 2.54. The summed E-state index contributed by atoms with van der Waals surface area (Å²) in [4.78, 5) is 18.8. The average Bonchev–Trinajstić information content (AvgIpc) is 2.04. The molecule has 0 heterocycles. The lowest BCUT2D eigenvalue weighted by Crippen LogP contribution is -2.45. The van der Waals surface area contributed by atoms with Gasteiger partial charge >= 0.3 is 6.98 Å². The molecule has 6 nitrogen and oxygen atoms in total. The van der Waals surface area contributed by atoms with Gasteiger partial charge in [-0.15, -0.1) is 0 Å². The van der Waals surface area contributed by atoms with Gasteiger partial charge in [0.25, 0.3) is 0 Å². The Morgan fingerprint density at radius 3 is 1.85 bits per heavy atom. The summed E-state index contributed by atoms with van der Waals surface area (Å²) in [5.74, 6) is 0. The van der Waals surface area contributed by atoms with Gasteiger partial charge in [0.2, 0.25) is 0 Å². The standard InChI is InChI=1S/C6H5BN2O4/c10-8(11)7(9(12)13)6-4-2-1-3-5-6/h1-5H. The van der Waals surface area contributed by atoms with Gasteiger partial charge in [-0.1, -0.05) is 30.3 Å². The molecule has 0 saturated carbocycles. The molecule has 0 unspecified atom stereocenters. The van der Waals surface area contributed by atoms with Crippen molar-refractivity contribution >= 4 is 12.4 Å². The van der Waals surface area contributed by atoms with Crippen molar-refractivity contribution in [3.8, 4) is 0 Å². The van der Waals surface area contributed by atoms with Crippen molar-refractivity contribution in [3.63, 3.8) is 0 Å². The van der Waals surface area contributed by atoms with Gasteiger partial charge in [0, 0.05) is 9.67 Å². The van der Waals surface area contributed by atoms with Gasteiger partial charge in [0.1, 0.15) is 0 Å². The molecule has 66 valence electrons. The quantitative estimate of drug-likeness (QED) is 0.370. The lowest BCUT2D eigenvalue weighted by Gasteiger charge is -1.93. The maximum Gasteiger partial charge on any atom is 0.982 e. The Hall–Kier alpha value is -1.92. The first-order valence-electron chi connectivity index (χ1n) is 3.45. The van der Waals surface area contributed by atoms with E-state index in [-0.39, 0.29) is 5.46 Å². The highest BCUT2D eigenvalue weighted by molar-refractivity contribution is 6.58. The van der Waals surface area contributed by atoms with Crippen LogP contribution in [0.15, 0.2) is 30.3 Å². The zero-order valence-electron chi connectivity index (χ0n) is 6.49. The minimum Gasteiger partial charge on any atom is -0.286 e. The predicted octanol–water partition coefficient (Wildman–Crippen LogP) is -0.0648. The van der Waals surface area contributed by atoms with Crippen LogP contribution in [0.3, 0.4) is 0 Å². The van der Waals surface area contributed by atoms with Crippen LogP contribution in [0.2, 0.25) is 0 Å². The maximum atomic E-state index is 10.3. The van der Waals surface area contributed by atoms with Gasteiger partial charge in [-0.2, -0.15) is 0 Å². The Morgan fingerprint density at radius 1 is 1.00 bits per heavy atom. The fraction of sp³-hybridized carbons (Fsp3) is 0. The first-order chi connectivity index (χ1) is 6.13. The molecule has 1 aromatic rings. The maximum absolute atomic E-state index is 10.3. The Morgan fingerprint density at radius 2 is 1.46 bits per heavy atom. The van der Waals surface area contributed by atoms with Crippen molar-refractivity contribution in [1.29, 1.82) is 0 Å². The van der Waals surface area contributed by atoms with Crippen molar-refractivity contribution in [2.75, 3.05) is 0 Å². The predicted molar refractivity (Wildman–Crippen MR) is 45.8 cm³/mol. The number of nitro groups is 2. The van der Waals surface area contributed by atoms with Crippen LogP contribution in [-0.2, 0) is 0 Å². The summed E-state index contributed by atoms with van der Waals surface area (Å²) in [6.07, 6.45) is 0. The molecule has 1 rings (SSSR count). The average molecular weight is 180 g/mol. The largest absolute Gasteiger partial charge is 0.982 e. The molecular formula is C6H5BN2O4. The van der Waals surface area contributed by atoms with E-state index in [1.54, 1.807) is 6.07 Å². The zero-order valence-corrected chi connectivity index (χ0v) is 6.49. The summed E-state index contributed by atoms with van der Waals surface area (Å²) in [5, 5.41) is 20.6. The summed E-state index contributed by atoms with van der Waals surface area (Å²) in [6, 6.07) is 7.40. The topological polar surface area (TPSA) is 86.3 Å². The molecule has 1 aromatic carbocycles. The molecule has 0 spiro atoms. The van der Waals surface area contributed by atoms with Crippen LogP contribution in [0.25, 0.3) is 0 Å². The molecule has 0 amide bonds. The van der Waals surface area contributed by atoms with Gasteiger partial charge in [0.15, 0.2) is 0 Å². The highest BCUT2D eigenvalue weighted by atomic mass is 16.7. The number of benzene rings is 1. The second kappa shape index (κ2) is 3.66. The summed E-state index contributed by atoms with van der Waals surface area (Å²) in [5.41, 5.74) is 0.0810. The summed E-state index contributed by atoms with van der Waals surface area (Å²) >= 11 is 0. The monoisotopic (exact) mass is 180 g/mol. The first kappa shape index (κ1) is 9.18. The van der Waals surface area contributed by atoms with E-state index in [9.17, 15) is 20.2 Å².